The molecule has 3 nitrogen and oxygen atoms in total. The number of nitrogens with two attached hydrogens (primary N) is 1. The highest BCUT2D eigenvalue weighted by atomic mass is 35.5. The predicted molar refractivity (Wildman–Crippen MR) is 76.2 cm³/mol. The second-order valence-electron chi connectivity index (χ2n) is 3.67. The van der Waals surface area contributed by atoms with Crippen molar-refractivity contribution in [2.45, 2.75) is 10.8 Å². The molecule has 0 saturated carbocycles. The molecule has 2 rings (SSSR count). The van der Waals surface area contributed by atoms with E-state index in [9.17, 15) is 0 Å². The standard InChI is InChI=1S/C13H13ClN2OS/c1-17-12-4-2-10(14)6-9(12)8-18-13-5-3-11(15)7-16-13/h2-7H,8,15H2,1H3. The topological polar surface area (TPSA) is 48.1 Å². The van der Waals surface area contributed by atoms with Crippen LogP contribution in [0.2, 0.25) is 5.02 Å². The molecule has 0 aliphatic rings. The third kappa shape index (κ3) is 3.31. The van der Waals surface area contributed by atoms with E-state index in [1.165, 1.54) is 0 Å². The normalized spacial score (nSPS) is 10.3. The number of halogens is 1. The van der Waals surface area contributed by atoms with Gasteiger partial charge >= 0.3 is 0 Å². The molecule has 1 aromatic heterocycles. The number of methoxy groups -OCH3 is 1. The Hall–Kier alpha value is -1.39. The van der Waals surface area contributed by atoms with Crippen molar-refractivity contribution < 1.29 is 4.74 Å². The lowest BCUT2D eigenvalue weighted by Crippen LogP contribution is -1.91. The van der Waals surface area contributed by atoms with Gasteiger partial charge in [-0.1, -0.05) is 11.6 Å². The Bertz CT molecular complexity index is 531. The average Bonchev–Trinajstić information content (AvgIpc) is 2.38. The van der Waals surface area contributed by atoms with Gasteiger partial charge in [0.25, 0.3) is 0 Å². The molecule has 2 aromatic rings. The fraction of sp³-hybridized carbons (Fsp3) is 0.154. The van der Waals surface area contributed by atoms with Gasteiger partial charge in [-0.05, 0) is 30.3 Å². The highest BCUT2D eigenvalue weighted by Crippen LogP contribution is 2.29. The van der Waals surface area contributed by atoms with Crippen LogP contribution in [0.25, 0.3) is 0 Å². The highest BCUT2D eigenvalue weighted by Gasteiger charge is 2.05. The molecule has 0 unspecified atom stereocenters. The van der Waals surface area contributed by atoms with Crippen LogP contribution < -0.4 is 10.5 Å². The number of hydrogen-bond acceptors (Lipinski definition) is 4. The SMILES string of the molecule is COc1ccc(Cl)cc1CSc1ccc(N)cn1. The quantitative estimate of drug-likeness (QED) is 0.869. The molecule has 0 amide bonds. The smallest absolute Gasteiger partial charge is 0.123 e. The summed E-state index contributed by atoms with van der Waals surface area (Å²) in [6, 6.07) is 9.33. The summed E-state index contributed by atoms with van der Waals surface area (Å²) in [6.07, 6.45) is 1.65. The number of ether oxygens (including phenoxy) is 1. The molecular weight excluding hydrogens is 268 g/mol. The first-order valence-electron chi connectivity index (χ1n) is 5.36. The zero-order valence-electron chi connectivity index (χ0n) is 9.89. The Kier molecular flexibility index (Phi) is 4.33. The van der Waals surface area contributed by atoms with Crippen LogP contribution >= 0.6 is 23.4 Å². The Balaban J connectivity index is 2.09. The van der Waals surface area contributed by atoms with Gasteiger partial charge < -0.3 is 10.5 Å². The van der Waals surface area contributed by atoms with Crippen molar-refractivity contribution in [2.24, 2.45) is 0 Å². The third-order valence-electron chi connectivity index (χ3n) is 2.38. The van der Waals surface area contributed by atoms with E-state index in [1.54, 1.807) is 25.1 Å². The summed E-state index contributed by atoms with van der Waals surface area (Å²) < 4.78 is 5.30. The number of anilines is 1. The van der Waals surface area contributed by atoms with E-state index in [0.717, 1.165) is 22.1 Å². The summed E-state index contributed by atoms with van der Waals surface area (Å²) in [4.78, 5) is 4.24. The van der Waals surface area contributed by atoms with Gasteiger partial charge in [0.1, 0.15) is 5.75 Å². The number of aromatic nitrogens is 1. The van der Waals surface area contributed by atoms with Crippen LogP contribution in [0.15, 0.2) is 41.6 Å². The van der Waals surface area contributed by atoms with Crippen molar-refractivity contribution in [3.8, 4) is 5.75 Å². The fourth-order valence-corrected chi connectivity index (χ4v) is 2.50. The van der Waals surface area contributed by atoms with Crippen molar-refractivity contribution in [1.29, 1.82) is 0 Å². The summed E-state index contributed by atoms with van der Waals surface area (Å²) in [6.45, 7) is 0. The number of hydrogen-bond donors (Lipinski definition) is 1. The maximum absolute atomic E-state index is 5.98. The Morgan fingerprint density at radius 2 is 2.17 bits per heavy atom. The number of thioether (sulfide) groups is 1. The Morgan fingerprint density at radius 3 is 2.83 bits per heavy atom. The van der Waals surface area contributed by atoms with E-state index >= 15 is 0 Å². The first kappa shape index (κ1) is 13.1. The van der Waals surface area contributed by atoms with Crippen LogP contribution in [0, 0.1) is 0 Å². The predicted octanol–water partition coefficient (Wildman–Crippen LogP) is 3.62. The molecule has 18 heavy (non-hydrogen) atoms. The van der Waals surface area contributed by atoms with Gasteiger partial charge in [-0.2, -0.15) is 0 Å². The van der Waals surface area contributed by atoms with Crippen LogP contribution in [-0.4, -0.2) is 12.1 Å². The molecule has 2 N–H and O–H groups in total. The van der Waals surface area contributed by atoms with Gasteiger partial charge in [0, 0.05) is 16.3 Å². The van der Waals surface area contributed by atoms with E-state index in [2.05, 4.69) is 4.98 Å². The monoisotopic (exact) mass is 280 g/mol. The largest absolute Gasteiger partial charge is 0.496 e. The minimum absolute atomic E-state index is 0.666. The zero-order valence-corrected chi connectivity index (χ0v) is 11.5. The number of pyridine rings is 1. The zero-order chi connectivity index (χ0) is 13.0. The van der Waals surface area contributed by atoms with E-state index in [-0.39, 0.29) is 0 Å². The van der Waals surface area contributed by atoms with E-state index < -0.39 is 0 Å². The Labute approximate surface area is 115 Å². The maximum Gasteiger partial charge on any atom is 0.123 e. The van der Waals surface area contributed by atoms with Crippen molar-refractivity contribution >= 4 is 29.1 Å². The van der Waals surface area contributed by atoms with Gasteiger partial charge in [0.15, 0.2) is 0 Å². The number of nitrogens with zero attached hydrogens (tertiary/aromatic N) is 1. The van der Waals surface area contributed by atoms with Crippen LogP contribution in [0.3, 0.4) is 0 Å². The van der Waals surface area contributed by atoms with E-state index in [1.807, 2.05) is 30.3 Å². The molecule has 0 spiro atoms. The van der Waals surface area contributed by atoms with Gasteiger partial charge in [-0.3, -0.25) is 0 Å². The summed E-state index contributed by atoms with van der Waals surface area (Å²) in [5.74, 6) is 1.59. The second kappa shape index (κ2) is 5.98. The summed E-state index contributed by atoms with van der Waals surface area (Å²) in [7, 11) is 1.65. The van der Waals surface area contributed by atoms with Crippen LogP contribution in [0.4, 0.5) is 5.69 Å². The molecular formula is C13H13ClN2OS. The third-order valence-corrected chi connectivity index (χ3v) is 3.60. The van der Waals surface area contributed by atoms with Gasteiger partial charge in [0.2, 0.25) is 0 Å². The highest BCUT2D eigenvalue weighted by molar-refractivity contribution is 7.98. The molecule has 94 valence electrons. The molecule has 0 radical (unpaired) electrons. The van der Waals surface area contributed by atoms with E-state index in [4.69, 9.17) is 22.1 Å². The Morgan fingerprint density at radius 1 is 1.33 bits per heavy atom. The first-order valence-corrected chi connectivity index (χ1v) is 6.72. The molecule has 0 aliphatic carbocycles. The lowest BCUT2D eigenvalue weighted by molar-refractivity contribution is 0.411. The van der Waals surface area contributed by atoms with Gasteiger partial charge in [-0.15, -0.1) is 11.8 Å². The molecule has 0 aliphatic heterocycles. The lowest BCUT2D eigenvalue weighted by Gasteiger charge is -2.08. The molecule has 0 fully saturated rings. The summed E-state index contributed by atoms with van der Waals surface area (Å²) >= 11 is 7.59. The fourth-order valence-electron chi connectivity index (χ4n) is 1.49. The number of rotatable bonds is 4. The lowest BCUT2D eigenvalue weighted by atomic mass is 10.2. The molecule has 1 heterocycles. The van der Waals surface area contributed by atoms with Crippen molar-refractivity contribution in [3.63, 3.8) is 0 Å². The van der Waals surface area contributed by atoms with Gasteiger partial charge in [-0.25, -0.2) is 4.98 Å². The van der Waals surface area contributed by atoms with Crippen molar-refractivity contribution in [3.05, 3.63) is 47.1 Å². The van der Waals surface area contributed by atoms with Crippen LogP contribution in [-0.2, 0) is 5.75 Å². The number of benzene rings is 1. The number of nitrogen functional groups attached to an aromatic ring is 1. The van der Waals surface area contributed by atoms with Crippen LogP contribution in [0.1, 0.15) is 5.56 Å². The minimum atomic E-state index is 0.666. The average molecular weight is 281 g/mol. The van der Waals surface area contributed by atoms with Crippen molar-refractivity contribution in [1.82, 2.24) is 4.98 Å². The molecule has 0 saturated heterocycles. The maximum atomic E-state index is 5.98. The summed E-state index contributed by atoms with van der Waals surface area (Å²) in [5.41, 5.74) is 7.31. The molecule has 0 atom stereocenters. The molecule has 5 heteroatoms. The summed E-state index contributed by atoms with van der Waals surface area (Å²) in [5, 5.41) is 1.63. The van der Waals surface area contributed by atoms with Crippen molar-refractivity contribution in [2.75, 3.05) is 12.8 Å². The molecule has 0 bridgehead atoms. The minimum Gasteiger partial charge on any atom is -0.496 e. The second-order valence-corrected chi connectivity index (χ2v) is 5.11. The van der Waals surface area contributed by atoms with Crippen LogP contribution in [0.5, 0.6) is 5.75 Å². The van der Waals surface area contributed by atoms with Gasteiger partial charge in [0.05, 0.1) is 24.0 Å². The van der Waals surface area contributed by atoms with E-state index in [0.29, 0.717) is 10.7 Å². The molecule has 1 aromatic carbocycles. The first-order chi connectivity index (χ1) is 8.69.